The Morgan fingerprint density at radius 1 is 0.344 bits per heavy atom. The highest BCUT2D eigenvalue weighted by molar-refractivity contribution is 5.72. The van der Waals surface area contributed by atoms with Crippen LogP contribution in [0.4, 0.5) is 0 Å². The lowest BCUT2D eigenvalue weighted by Gasteiger charge is -2.37. The van der Waals surface area contributed by atoms with Gasteiger partial charge in [0, 0.05) is 0 Å². The Morgan fingerprint density at radius 3 is 0.738 bits per heavy atom. The molecule has 0 aliphatic carbocycles. The molecule has 3 fully saturated rings. The lowest BCUT2D eigenvalue weighted by molar-refractivity contribution is 0.199. The Bertz CT molecular complexity index is 2370. The van der Waals surface area contributed by atoms with E-state index in [9.17, 15) is 5.11 Å². The number of aliphatic hydroxyl groups is 1. The molecule has 8 aromatic rings. The summed E-state index contributed by atoms with van der Waals surface area (Å²) in [6.45, 7) is 4.21. The van der Waals surface area contributed by atoms with Crippen molar-refractivity contribution in [3.8, 4) is 44.5 Å². The van der Waals surface area contributed by atoms with E-state index in [1.807, 2.05) is 12.1 Å². The smallest absolute Gasteiger partial charge is 0.106 e. The van der Waals surface area contributed by atoms with Crippen LogP contribution in [0.25, 0.3) is 44.5 Å². The molecule has 0 spiro atoms. The molecule has 0 bridgehead atoms. The van der Waals surface area contributed by atoms with E-state index in [1.165, 1.54) is 72.3 Å². The van der Waals surface area contributed by atoms with E-state index in [0.29, 0.717) is 0 Å². The van der Waals surface area contributed by atoms with Crippen molar-refractivity contribution in [1.82, 2.24) is 0 Å². The Hall–Kier alpha value is -6.40. The fourth-order valence-corrected chi connectivity index (χ4v) is 9.00. The van der Waals surface area contributed by atoms with Gasteiger partial charge in [-0.2, -0.15) is 0 Å². The van der Waals surface area contributed by atoms with Gasteiger partial charge in [0.2, 0.25) is 0 Å². The van der Waals surface area contributed by atoms with E-state index in [1.54, 1.807) is 6.92 Å². The van der Waals surface area contributed by atoms with Gasteiger partial charge in [-0.25, -0.2) is 0 Å². The van der Waals surface area contributed by atoms with Crippen molar-refractivity contribution in [2.45, 2.75) is 36.8 Å². The maximum atomic E-state index is 10.2. The average molecular weight is 795 g/mol. The SMILES string of the molecule is CC(O)c1ccc(-c2ccc(C(c3ccc(-c4ccc(C5CO5)cc4)cc3)(c3ccc(-c4ccc(C5CO5)cc4)cc3)c3ccc(-c4ccc(C5CO5)cc4)cc3)cc2)cc1. The maximum absolute atomic E-state index is 10.2. The highest BCUT2D eigenvalue weighted by atomic mass is 16.6. The van der Waals surface area contributed by atoms with Gasteiger partial charge in [-0.1, -0.05) is 194 Å². The third-order valence-electron chi connectivity index (χ3n) is 12.8. The van der Waals surface area contributed by atoms with Gasteiger partial charge < -0.3 is 19.3 Å². The quantitative estimate of drug-likeness (QED) is 0.0988. The van der Waals surface area contributed by atoms with Gasteiger partial charge in [0.15, 0.2) is 0 Å². The predicted octanol–water partition coefficient (Wildman–Crippen LogP) is 13.0. The fourth-order valence-electron chi connectivity index (χ4n) is 9.00. The standard InChI is InChI=1S/C57H46O4/c1-37(58)38-2-4-39(5-3-38)43-18-26-50(27-19-43)57(51-28-20-44(21-29-51)40-6-12-47(13-7-40)54-34-59-54,52-30-22-45(23-31-52)41-8-14-48(15-9-41)55-35-60-55)53-32-24-46(25-33-53)42-10-16-49(17-11-42)56-36-61-56/h2-33,37,54-56,58H,34-36H2,1H3. The zero-order valence-electron chi connectivity index (χ0n) is 34.1. The molecule has 3 saturated heterocycles. The van der Waals surface area contributed by atoms with E-state index < -0.39 is 11.5 Å². The average Bonchev–Trinajstić information content (AvgIpc) is 4.15. The highest BCUT2D eigenvalue weighted by Gasteiger charge is 2.39. The number of rotatable bonds is 12. The minimum atomic E-state index is -0.669. The summed E-state index contributed by atoms with van der Waals surface area (Å²) in [5, 5.41) is 10.2. The van der Waals surface area contributed by atoms with Crippen LogP contribution in [0, 0.1) is 0 Å². The summed E-state index contributed by atoms with van der Waals surface area (Å²) in [6.07, 6.45) is 0.195. The normalized spacial score (nSPS) is 19.1. The Morgan fingerprint density at radius 2 is 0.541 bits per heavy atom. The van der Waals surface area contributed by atoms with Gasteiger partial charge in [-0.3, -0.25) is 0 Å². The van der Waals surface area contributed by atoms with Gasteiger partial charge in [0.05, 0.1) is 31.3 Å². The van der Waals surface area contributed by atoms with E-state index in [2.05, 4.69) is 182 Å². The summed E-state index contributed by atoms with van der Waals surface area (Å²) < 4.78 is 16.6. The maximum Gasteiger partial charge on any atom is 0.106 e. The number of hydrogen-bond donors (Lipinski definition) is 1. The van der Waals surface area contributed by atoms with Crippen molar-refractivity contribution >= 4 is 0 Å². The van der Waals surface area contributed by atoms with Crippen LogP contribution >= 0.6 is 0 Å². The lowest BCUT2D eigenvalue weighted by Crippen LogP contribution is -2.31. The van der Waals surface area contributed by atoms with Crippen LogP contribution in [-0.4, -0.2) is 24.9 Å². The van der Waals surface area contributed by atoms with Crippen molar-refractivity contribution in [1.29, 1.82) is 0 Å². The molecule has 4 heteroatoms. The summed E-state index contributed by atoms with van der Waals surface area (Å²) in [6, 6.07) is 71.1. The van der Waals surface area contributed by atoms with Crippen LogP contribution in [0.2, 0.25) is 0 Å². The van der Waals surface area contributed by atoms with Crippen LogP contribution in [-0.2, 0) is 19.6 Å². The molecule has 4 atom stereocenters. The molecule has 3 aliphatic rings. The number of aliphatic hydroxyl groups excluding tert-OH is 1. The predicted molar refractivity (Wildman–Crippen MR) is 243 cm³/mol. The summed E-state index contributed by atoms with van der Waals surface area (Å²) in [5.74, 6) is 0. The Kier molecular flexibility index (Phi) is 9.59. The van der Waals surface area contributed by atoms with Gasteiger partial charge in [0.25, 0.3) is 0 Å². The summed E-state index contributed by atoms with van der Waals surface area (Å²) in [5.41, 5.74) is 17.9. The van der Waals surface area contributed by atoms with Crippen molar-refractivity contribution in [2.75, 3.05) is 19.8 Å². The molecule has 298 valence electrons. The molecule has 0 saturated carbocycles. The molecule has 8 aromatic carbocycles. The Balaban J connectivity index is 1.05. The summed E-state index contributed by atoms with van der Waals surface area (Å²) >= 11 is 0. The van der Waals surface area contributed by atoms with E-state index in [-0.39, 0.29) is 18.3 Å². The van der Waals surface area contributed by atoms with E-state index in [4.69, 9.17) is 14.2 Å². The molecule has 11 rings (SSSR count). The number of hydrogen-bond acceptors (Lipinski definition) is 4. The Labute approximate surface area is 357 Å². The summed E-state index contributed by atoms with van der Waals surface area (Å²) in [7, 11) is 0. The first-order chi connectivity index (χ1) is 30.0. The molecular weight excluding hydrogens is 749 g/mol. The molecule has 0 aromatic heterocycles. The molecule has 3 aliphatic heterocycles. The van der Waals surface area contributed by atoms with Crippen LogP contribution in [0.3, 0.4) is 0 Å². The van der Waals surface area contributed by atoms with Crippen LogP contribution in [0.15, 0.2) is 194 Å². The second-order valence-electron chi connectivity index (χ2n) is 16.7. The first kappa shape index (κ1) is 37.6. The van der Waals surface area contributed by atoms with Crippen molar-refractivity contribution in [2.24, 2.45) is 0 Å². The topological polar surface area (TPSA) is 57.8 Å². The minimum Gasteiger partial charge on any atom is -0.389 e. The van der Waals surface area contributed by atoms with Crippen molar-refractivity contribution in [3.05, 3.63) is 239 Å². The molecule has 1 N–H and O–H groups in total. The monoisotopic (exact) mass is 794 g/mol. The van der Waals surface area contributed by atoms with Gasteiger partial charge in [0.1, 0.15) is 18.3 Å². The van der Waals surface area contributed by atoms with Gasteiger partial charge >= 0.3 is 0 Å². The van der Waals surface area contributed by atoms with E-state index >= 15 is 0 Å². The van der Waals surface area contributed by atoms with Gasteiger partial charge in [-0.15, -0.1) is 0 Å². The number of epoxide rings is 3. The third kappa shape index (κ3) is 7.43. The minimum absolute atomic E-state index is 0.234. The van der Waals surface area contributed by atoms with Crippen molar-refractivity contribution in [3.63, 3.8) is 0 Å². The first-order valence-corrected chi connectivity index (χ1v) is 21.4. The van der Waals surface area contributed by atoms with Gasteiger partial charge in [-0.05, 0) is 95.9 Å². The molecule has 3 heterocycles. The summed E-state index contributed by atoms with van der Waals surface area (Å²) in [4.78, 5) is 0. The molecular formula is C57H46O4. The number of ether oxygens (including phenoxy) is 3. The highest BCUT2D eigenvalue weighted by Crippen LogP contribution is 2.47. The second-order valence-corrected chi connectivity index (χ2v) is 16.7. The molecule has 4 unspecified atom stereocenters. The van der Waals surface area contributed by atoms with Crippen LogP contribution in [0.1, 0.15) is 75.8 Å². The molecule has 0 radical (unpaired) electrons. The number of benzene rings is 8. The third-order valence-corrected chi connectivity index (χ3v) is 12.8. The van der Waals surface area contributed by atoms with E-state index in [0.717, 1.165) is 36.5 Å². The molecule has 0 amide bonds. The molecule has 4 nitrogen and oxygen atoms in total. The largest absolute Gasteiger partial charge is 0.389 e. The zero-order chi connectivity index (χ0) is 40.9. The lowest BCUT2D eigenvalue weighted by atomic mass is 9.64. The van der Waals surface area contributed by atoms with Crippen LogP contribution in [0.5, 0.6) is 0 Å². The van der Waals surface area contributed by atoms with Crippen molar-refractivity contribution < 1.29 is 19.3 Å². The molecule has 61 heavy (non-hydrogen) atoms. The van der Waals surface area contributed by atoms with Crippen LogP contribution < -0.4 is 0 Å². The fraction of sp³-hybridized carbons (Fsp3) is 0.158. The zero-order valence-corrected chi connectivity index (χ0v) is 34.1. The first-order valence-electron chi connectivity index (χ1n) is 21.4. The second kappa shape index (κ2) is 15.6.